The molecule has 0 unspecified atom stereocenters. The molecule has 38 heavy (non-hydrogen) atoms. The Morgan fingerprint density at radius 3 is 2.42 bits per heavy atom. The molecule has 2 aromatic carbocycles. The van der Waals surface area contributed by atoms with Crippen LogP contribution in [0.3, 0.4) is 0 Å². The predicted octanol–water partition coefficient (Wildman–Crippen LogP) is 4.19. The van der Waals surface area contributed by atoms with Crippen LogP contribution in [0.15, 0.2) is 54.9 Å². The number of aromatic nitrogens is 4. The van der Waals surface area contributed by atoms with E-state index in [2.05, 4.69) is 26.2 Å². The minimum atomic E-state index is -1.65. The summed E-state index contributed by atoms with van der Waals surface area (Å²) in [6, 6.07) is 13.4. The zero-order valence-corrected chi connectivity index (χ0v) is 22.7. The van der Waals surface area contributed by atoms with Gasteiger partial charge in [-0.2, -0.15) is 4.68 Å². The molecule has 1 amide bonds. The molecule has 0 aliphatic rings. The third-order valence-corrected chi connectivity index (χ3v) is 5.48. The number of carbonyl (C=O) groups is 2. The van der Waals surface area contributed by atoms with Crippen molar-refractivity contribution in [3.05, 3.63) is 71.8 Å². The first-order valence-electron chi connectivity index (χ1n) is 11.9. The van der Waals surface area contributed by atoms with Gasteiger partial charge in [-0.05, 0) is 71.6 Å². The maximum Gasteiger partial charge on any atom is 0.413 e. The van der Waals surface area contributed by atoms with Crippen LogP contribution in [0.25, 0.3) is 5.69 Å². The van der Waals surface area contributed by atoms with Crippen LogP contribution in [0.4, 0.5) is 9.18 Å². The van der Waals surface area contributed by atoms with Gasteiger partial charge in [-0.15, -0.1) is 5.10 Å². The zero-order chi connectivity index (χ0) is 27.9. The molecule has 0 saturated heterocycles. The van der Waals surface area contributed by atoms with Gasteiger partial charge in [-0.3, -0.25) is 5.32 Å². The Bertz CT molecular complexity index is 1260. The van der Waals surface area contributed by atoms with E-state index in [0.717, 1.165) is 5.56 Å². The highest BCUT2D eigenvalue weighted by atomic mass is 32.1. The van der Waals surface area contributed by atoms with Crippen molar-refractivity contribution >= 4 is 29.4 Å². The third kappa shape index (κ3) is 7.54. The Morgan fingerprint density at radius 2 is 1.84 bits per heavy atom. The smallest absolute Gasteiger partial charge is 0.413 e. The van der Waals surface area contributed by atoms with Crippen molar-refractivity contribution in [2.75, 3.05) is 0 Å². The number of esters is 1. The molecule has 0 aliphatic carbocycles. The molecule has 3 rings (SSSR count). The summed E-state index contributed by atoms with van der Waals surface area (Å²) < 4.78 is 27.3. The fraction of sp³-hybridized carbons (Fsp3) is 0.385. The van der Waals surface area contributed by atoms with Crippen LogP contribution >= 0.6 is 12.2 Å². The molecule has 0 bridgehead atoms. The first kappa shape index (κ1) is 28.6. The fourth-order valence-electron chi connectivity index (χ4n) is 3.88. The SMILES string of the molecule is CC(C)OC(=O)[C@](CC(C)(C)C)(NC(=S)NC(=O)OCc1ccccc1)c1ccc(-n2cnnn2)c(F)c1. The average molecular weight is 543 g/mol. The zero-order valence-electron chi connectivity index (χ0n) is 21.9. The van der Waals surface area contributed by atoms with Gasteiger partial charge in [-0.1, -0.05) is 57.2 Å². The highest BCUT2D eigenvalue weighted by Gasteiger charge is 2.46. The number of benzene rings is 2. The van der Waals surface area contributed by atoms with Gasteiger partial charge in [-0.25, -0.2) is 14.0 Å². The third-order valence-electron chi connectivity index (χ3n) is 5.28. The Hall–Kier alpha value is -3.93. The normalized spacial score (nSPS) is 12.9. The van der Waals surface area contributed by atoms with Crippen molar-refractivity contribution in [1.82, 2.24) is 30.8 Å². The predicted molar refractivity (Wildman–Crippen MR) is 142 cm³/mol. The summed E-state index contributed by atoms with van der Waals surface area (Å²) in [7, 11) is 0. The Balaban J connectivity index is 1.94. The van der Waals surface area contributed by atoms with Crippen LogP contribution in [0.2, 0.25) is 0 Å². The van der Waals surface area contributed by atoms with Gasteiger partial charge in [0.25, 0.3) is 0 Å². The van der Waals surface area contributed by atoms with E-state index >= 15 is 4.39 Å². The minimum absolute atomic E-state index is 0.0294. The number of nitrogens with zero attached hydrogens (tertiary/aromatic N) is 4. The van der Waals surface area contributed by atoms with E-state index in [4.69, 9.17) is 21.7 Å². The van der Waals surface area contributed by atoms with E-state index in [1.54, 1.807) is 19.9 Å². The molecule has 202 valence electrons. The van der Waals surface area contributed by atoms with Crippen molar-refractivity contribution < 1.29 is 23.5 Å². The van der Waals surface area contributed by atoms with Crippen LogP contribution in [0.1, 0.15) is 52.2 Å². The van der Waals surface area contributed by atoms with Crippen LogP contribution < -0.4 is 10.6 Å². The maximum atomic E-state index is 15.3. The molecule has 1 aromatic heterocycles. The molecule has 0 radical (unpaired) electrons. The van der Waals surface area contributed by atoms with Crippen molar-refractivity contribution in [2.24, 2.45) is 5.41 Å². The first-order chi connectivity index (χ1) is 17.9. The molecule has 10 nitrogen and oxygen atoms in total. The summed E-state index contributed by atoms with van der Waals surface area (Å²) >= 11 is 5.40. The topological polar surface area (TPSA) is 120 Å². The summed E-state index contributed by atoms with van der Waals surface area (Å²) in [5.41, 5.74) is -0.980. The number of ether oxygens (including phenoxy) is 2. The molecule has 3 aromatic rings. The number of carbonyl (C=O) groups excluding carboxylic acids is 2. The number of hydrogen-bond donors (Lipinski definition) is 2. The second-order valence-corrected chi connectivity index (χ2v) is 10.6. The van der Waals surface area contributed by atoms with Gasteiger partial charge in [0, 0.05) is 0 Å². The van der Waals surface area contributed by atoms with E-state index in [-0.39, 0.29) is 29.4 Å². The van der Waals surface area contributed by atoms with Gasteiger partial charge in [0.2, 0.25) is 0 Å². The molecule has 0 spiro atoms. The largest absolute Gasteiger partial charge is 0.461 e. The van der Waals surface area contributed by atoms with E-state index in [9.17, 15) is 9.59 Å². The lowest BCUT2D eigenvalue weighted by Gasteiger charge is -2.39. The van der Waals surface area contributed by atoms with Crippen LogP contribution in [-0.4, -0.2) is 43.5 Å². The average Bonchev–Trinajstić information content (AvgIpc) is 3.36. The molecular weight excluding hydrogens is 511 g/mol. The summed E-state index contributed by atoms with van der Waals surface area (Å²) in [6.07, 6.45) is 0.127. The van der Waals surface area contributed by atoms with Crippen molar-refractivity contribution in [3.63, 3.8) is 0 Å². The number of amides is 1. The van der Waals surface area contributed by atoms with Crippen LogP contribution in [0, 0.1) is 11.2 Å². The molecule has 1 atom stereocenters. The number of alkyl carbamates (subject to hydrolysis) is 1. The molecular formula is C26H31FN6O4S. The fourth-order valence-corrected chi connectivity index (χ4v) is 4.13. The summed E-state index contributed by atoms with van der Waals surface area (Å²) in [5.74, 6) is -1.35. The lowest BCUT2D eigenvalue weighted by atomic mass is 9.75. The van der Waals surface area contributed by atoms with E-state index in [1.807, 2.05) is 51.1 Å². The summed E-state index contributed by atoms with van der Waals surface area (Å²) in [6.45, 7) is 9.20. The lowest BCUT2D eigenvalue weighted by Crippen LogP contribution is -2.58. The number of tetrazole rings is 1. The van der Waals surface area contributed by atoms with Gasteiger partial charge < -0.3 is 14.8 Å². The molecule has 1 heterocycles. The Labute approximate surface area is 225 Å². The monoisotopic (exact) mass is 542 g/mol. The van der Waals surface area contributed by atoms with Crippen LogP contribution in [0.5, 0.6) is 0 Å². The number of thiocarbonyl (C=S) groups is 1. The van der Waals surface area contributed by atoms with E-state index in [1.165, 1.54) is 23.1 Å². The summed E-state index contributed by atoms with van der Waals surface area (Å²) in [4.78, 5) is 26.1. The minimum Gasteiger partial charge on any atom is -0.461 e. The quantitative estimate of drug-likeness (QED) is 0.319. The van der Waals surface area contributed by atoms with Gasteiger partial charge in [0.1, 0.15) is 24.4 Å². The van der Waals surface area contributed by atoms with Crippen molar-refractivity contribution in [3.8, 4) is 5.69 Å². The number of halogens is 1. The van der Waals surface area contributed by atoms with Gasteiger partial charge in [0.15, 0.2) is 10.7 Å². The Morgan fingerprint density at radius 1 is 1.13 bits per heavy atom. The Kier molecular flexibility index (Phi) is 9.10. The molecule has 0 saturated carbocycles. The van der Waals surface area contributed by atoms with E-state index in [0.29, 0.717) is 0 Å². The lowest BCUT2D eigenvalue weighted by molar-refractivity contribution is -0.157. The standard InChI is InChI=1S/C26H31FN6O4S/c1-17(2)37-22(34)26(15-25(3,4)5,19-11-12-21(20(27)13-19)33-16-28-31-32-33)30-23(38)29-24(35)36-14-18-9-7-6-8-10-18/h6-13,16-17H,14-15H2,1-5H3,(H2,29,30,35,38)/t26-/m1/s1. The highest BCUT2D eigenvalue weighted by Crippen LogP contribution is 2.37. The second kappa shape index (κ2) is 12.1. The maximum absolute atomic E-state index is 15.3. The van der Waals surface area contributed by atoms with Gasteiger partial charge in [0.05, 0.1) is 6.10 Å². The molecule has 0 aliphatic heterocycles. The number of rotatable bonds is 8. The highest BCUT2D eigenvalue weighted by molar-refractivity contribution is 7.80. The van der Waals surface area contributed by atoms with Crippen molar-refractivity contribution in [2.45, 2.75) is 59.3 Å². The summed E-state index contributed by atoms with van der Waals surface area (Å²) in [5, 5.41) is 16.0. The van der Waals surface area contributed by atoms with Crippen molar-refractivity contribution in [1.29, 1.82) is 0 Å². The first-order valence-corrected chi connectivity index (χ1v) is 12.3. The second-order valence-electron chi connectivity index (χ2n) is 10.2. The van der Waals surface area contributed by atoms with Crippen LogP contribution in [-0.2, 0) is 26.4 Å². The molecule has 0 fully saturated rings. The number of nitrogens with one attached hydrogen (secondary N) is 2. The molecule has 12 heteroatoms. The van der Waals surface area contributed by atoms with E-state index < -0.39 is 34.9 Å². The molecule has 2 N–H and O–H groups in total. The number of hydrogen-bond acceptors (Lipinski definition) is 8. The van der Waals surface area contributed by atoms with Gasteiger partial charge >= 0.3 is 12.1 Å².